The molecule has 0 radical (unpaired) electrons. The van der Waals surface area contributed by atoms with E-state index in [1.54, 1.807) is 11.3 Å². The number of hydrogen-bond donors (Lipinski definition) is 1. The van der Waals surface area contributed by atoms with Crippen molar-refractivity contribution in [3.63, 3.8) is 0 Å². The molecule has 0 amide bonds. The van der Waals surface area contributed by atoms with E-state index in [1.807, 2.05) is 5.38 Å². The van der Waals surface area contributed by atoms with Crippen LogP contribution in [0.15, 0.2) is 23.6 Å². The number of aryl methyl sites for hydroxylation is 1. The van der Waals surface area contributed by atoms with Crippen molar-refractivity contribution in [3.8, 4) is 0 Å². The second-order valence-corrected chi connectivity index (χ2v) is 3.79. The Morgan fingerprint density at radius 3 is 3.00 bits per heavy atom. The lowest BCUT2D eigenvalue weighted by molar-refractivity contribution is 1.15. The first-order chi connectivity index (χ1) is 5.81. The van der Waals surface area contributed by atoms with Gasteiger partial charge in [0.15, 0.2) is 0 Å². The summed E-state index contributed by atoms with van der Waals surface area (Å²) in [6.45, 7) is 2.16. The van der Waals surface area contributed by atoms with Gasteiger partial charge in [-0.15, -0.1) is 11.3 Å². The van der Waals surface area contributed by atoms with Crippen LogP contribution >= 0.6 is 11.3 Å². The van der Waals surface area contributed by atoms with Gasteiger partial charge in [-0.3, -0.25) is 0 Å². The Morgan fingerprint density at radius 1 is 1.42 bits per heavy atom. The third kappa shape index (κ3) is 1.08. The first-order valence-electron chi connectivity index (χ1n) is 4.07. The van der Waals surface area contributed by atoms with Crippen LogP contribution in [-0.2, 0) is 6.42 Å². The van der Waals surface area contributed by atoms with Gasteiger partial charge in [0.25, 0.3) is 0 Å². The highest BCUT2D eigenvalue weighted by Gasteiger charge is 1.99. The van der Waals surface area contributed by atoms with Gasteiger partial charge in [0.2, 0.25) is 0 Å². The van der Waals surface area contributed by atoms with E-state index in [9.17, 15) is 0 Å². The Balaban J connectivity index is 2.69. The molecule has 1 aromatic carbocycles. The first-order valence-corrected chi connectivity index (χ1v) is 4.95. The highest BCUT2D eigenvalue weighted by molar-refractivity contribution is 7.17. The zero-order valence-corrected chi connectivity index (χ0v) is 7.82. The number of fused-ring (bicyclic) bond motifs is 1. The van der Waals surface area contributed by atoms with Crippen molar-refractivity contribution < 1.29 is 0 Å². The lowest BCUT2D eigenvalue weighted by Crippen LogP contribution is -1.81. The molecule has 2 rings (SSSR count). The molecule has 0 aliphatic heterocycles. The standard InChI is InChI=1S/C10H11NS/c1-2-7-3-4-8-9(11)6-12-10(8)5-7/h3-6H,2,11H2,1H3. The van der Waals surface area contributed by atoms with Gasteiger partial charge in [-0.05, 0) is 18.1 Å². The minimum Gasteiger partial charge on any atom is -0.398 e. The molecule has 0 saturated carbocycles. The largest absolute Gasteiger partial charge is 0.398 e. The smallest absolute Gasteiger partial charge is 0.0502 e. The van der Waals surface area contributed by atoms with E-state index in [2.05, 4.69) is 25.1 Å². The molecular weight excluding hydrogens is 166 g/mol. The number of nitrogen functional groups attached to an aromatic ring is 1. The number of thiophene rings is 1. The van der Waals surface area contributed by atoms with E-state index in [4.69, 9.17) is 5.73 Å². The van der Waals surface area contributed by atoms with Crippen LogP contribution in [0.3, 0.4) is 0 Å². The number of rotatable bonds is 1. The predicted octanol–water partition coefficient (Wildman–Crippen LogP) is 3.05. The molecule has 0 aliphatic rings. The fraction of sp³-hybridized carbons (Fsp3) is 0.200. The van der Waals surface area contributed by atoms with Gasteiger partial charge in [-0.2, -0.15) is 0 Å². The van der Waals surface area contributed by atoms with E-state index in [-0.39, 0.29) is 0 Å². The summed E-state index contributed by atoms with van der Waals surface area (Å²) in [5, 5.41) is 3.20. The average molecular weight is 177 g/mol. The fourth-order valence-corrected chi connectivity index (χ4v) is 2.23. The summed E-state index contributed by atoms with van der Waals surface area (Å²) < 4.78 is 1.30. The van der Waals surface area contributed by atoms with Crippen LogP contribution in [0.5, 0.6) is 0 Å². The van der Waals surface area contributed by atoms with Gasteiger partial charge in [0, 0.05) is 15.5 Å². The summed E-state index contributed by atoms with van der Waals surface area (Å²) >= 11 is 1.72. The maximum atomic E-state index is 5.78. The quantitative estimate of drug-likeness (QED) is 0.711. The maximum absolute atomic E-state index is 5.78. The normalized spacial score (nSPS) is 10.8. The second kappa shape index (κ2) is 2.79. The topological polar surface area (TPSA) is 26.0 Å². The zero-order valence-electron chi connectivity index (χ0n) is 7.00. The highest BCUT2D eigenvalue weighted by atomic mass is 32.1. The van der Waals surface area contributed by atoms with Crippen LogP contribution in [0.2, 0.25) is 0 Å². The van der Waals surface area contributed by atoms with Gasteiger partial charge in [0.1, 0.15) is 0 Å². The minimum atomic E-state index is 0.901. The summed E-state index contributed by atoms with van der Waals surface area (Å²) in [5.41, 5.74) is 8.06. The van der Waals surface area contributed by atoms with Gasteiger partial charge in [-0.25, -0.2) is 0 Å². The molecular formula is C10H11NS. The monoisotopic (exact) mass is 177 g/mol. The Morgan fingerprint density at radius 2 is 2.25 bits per heavy atom. The molecule has 0 bridgehead atoms. The first kappa shape index (κ1) is 7.62. The van der Waals surface area contributed by atoms with E-state index in [1.165, 1.54) is 15.6 Å². The Labute approximate surface area is 75.8 Å². The van der Waals surface area contributed by atoms with Crippen molar-refractivity contribution in [1.82, 2.24) is 0 Å². The molecule has 2 N–H and O–H groups in total. The van der Waals surface area contributed by atoms with Crippen molar-refractivity contribution in [2.24, 2.45) is 0 Å². The van der Waals surface area contributed by atoms with Crippen molar-refractivity contribution in [2.45, 2.75) is 13.3 Å². The van der Waals surface area contributed by atoms with E-state index in [0.29, 0.717) is 0 Å². The molecule has 0 atom stereocenters. The third-order valence-corrected chi connectivity index (χ3v) is 3.04. The molecule has 0 fully saturated rings. The number of benzene rings is 1. The molecule has 2 heteroatoms. The van der Waals surface area contributed by atoms with Gasteiger partial charge in [0.05, 0.1) is 5.69 Å². The molecule has 1 aromatic heterocycles. The molecule has 0 saturated heterocycles. The maximum Gasteiger partial charge on any atom is 0.0502 e. The molecule has 62 valence electrons. The number of nitrogens with two attached hydrogens (primary N) is 1. The van der Waals surface area contributed by atoms with Gasteiger partial charge < -0.3 is 5.73 Å². The molecule has 0 spiro atoms. The van der Waals surface area contributed by atoms with Crippen molar-refractivity contribution in [3.05, 3.63) is 29.1 Å². The Kier molecular flexibility index (Phi) is 1.77. The van der Waals surface area contributed by atoms with Crippen LogP contribution < -0.4 is 5.73 Å². The van der Waals surface area contributed by atoms with Crippen molar-refractivity contribution in [1.29, 1.82) is 0 Å². The summed E-state index contributed by atoms with van der Waals surface area (Å²) in [6, 6.07) is 6.47. The molecule has 0 unspecified atom stereocenters. The molecule has 2 aromatic rings. The van der Waals surface area contributed by atoms with Crippen LogP contribution in [0.25, 0.3) is 10.1 Å². The lowest BCUT2D eigenvalue weighted by Gasteiger charge is -1.96. The Hall–Kier alpha value is -1.02. The summed E-state index contributed by atoms with van der Waals surface area (Å²) in [5.74, 6) is 0. The zero-order chi connectivity index (χ0) is 8.55. The predicted molar refractivity (Wildman–Crippen MR) is 55.6 cm³/mol. The van der Waals surface area contributed by atoms with Crippen LogP contribution in [-0.4, -0.2) is 0 Å². The average Bonchev–Trinajstić information content (AvgIpc) is 2.47. The van der Waals surface area contributed by atoms with Crippen LogP contribution in [0, 0.1) is 0 Å². The molecule has 1 heterocycles. The van der Waals surface area contributed by atoms with Crippen molar-refractivity contribution in [2.75, 3.05) is 5.73 Å². The number of hydrogen-bond acceptors (Lipinski definition) is 2. The fourth-order valence-electron chi connectivity index (χ4n) is 1.31. The summed E-state index contributed by atoms with van der Waals surface area (Å²) in [4.78, 5) is 0. The summed E-state index contributed by atoms with van der Waals surface area (Å²) in [7, 11) is 0. The molecule has 0 aliphatic carbocycles. The molecule has 1 nitrogen and oxygen atoms in total. The number of anilines is 1. The van der Waals surface area contributed by atoms with Crippen LogP contribution in [0.4, 0.5) is 5.69 Å². The minimum absolute atomic E-state index is 0.901. The van der Waals surface area contributed by atoms with E-state index in [0.717, 1.165) is 12.1 Å². The molecule has 12 heavy (non-hydrogen) atoms. The van der Waals surface area contributed by atoms with E-state index < -0.39 is 0 Å². The summed E-state index contributed by atoms with van der Waals surface area (Å²) in [6.07, 6.45) is 1.09. The van der Waals surface area contributed by atoms with Crippen LogP contribution in [0.1, 0.15) is 12.5 Å². The SMILES string of the molecule is CCc1ccc2c(N)csc2c1. The Bertz CT molecular complexity index is 403. The third-order valence-electron chi connectivity index (χ3n) is 2.08. The lowest BCUT2D eigenvalue weighted by atomic mass is 10.1. The van der Waals surface area contributed by atoms with Gasteiger partial charge >= 0.3 is 0 Å². The van der Waals surface area contributed by atoms with Crippen molar-refractivity contribution >= 4 is 27.1 Å². The van der Waals surface area contributed by atoms with E-state index >= 15 is 0 Å². The second-order valence-electron chi connectivity index (χ2n) is 2.88. The van der Waals surface area contributed by atoms with Gasteiger partial charge in [-0.1, -0.05) is 19.1 Å². The highest BCUT2D eigenvalue weighted by Crippen LogP contribution is 2.28.